The number of hydrogen-bond donors (Lipinski definition) is 5. The number of imide groups is 1. The van der Waals surface area contributed by atoms with Gasteiger partial charge in [0.05, 0.1) is 76.9 Å². The minimum Gasteiger partial charge on any atom is -0.462 e. The number of amides is 2. The lowest BCUT2D eigenvalue weighted by molar-refractivity contribution is -0.688. The van der Waals surface area contributed by atoms with E-state index in [2.05, 4.69) is 41.0 Å². The number of ether oxygens (including phenoxy) is 5. The number of hydrogen-bond acceptors (Lipinski definition) is 22. The first kappa shape index (κ1) is 97.5. The van der Waals surface area contributed by atoms with Crippen molar-refractivity contribution in [2.24, 2.45) is 7.05 Å². The number of nitrogens with zero attached hydrogens (tertiary/aromatic N) is 3. The van der Waals surface area contributed by atoms with Crippen LogP contribution in [0.5, 0.6) is 0 Å². The molecule has 7 heterocycles. The fraction of sp³-hybridized carbons (Fsp3) is 0.272. The van der Waals surface area contributed by atoms with Gasteiger partial charge in [-0.05, 0) is 200 Å². The van der Waals surface area contributed by atoms with Crippen molar-refractivity contribution in [3.63, 3.8) is 0 Å². The van der Waals surface area contributed by atoms with E-state index >= 15 is 9.13 Å². The van der Waals surface area contributed by atoms with Crippen molar-refractivity contribution in [2.75, 3.05) is 78.4 Å². The molecule has 0 bridgehead atoms. The Hall–Kier alpha value is -11.6. The molecule has 9 unspecified atom stereocenters. The third-order valence-electron chi connectivity index (χ3n) is 30.1. The number of esters is 1. The second-order valence-electron chi connectivity index (χ2n) is 38.9. The predicted molar refractivity (Wildman–Crippen MR) is 561 cm³/mol. The lowest BCUT2D eigenvalue weighted by atomic mass is 9.86. The van der Waals surface area contributed by atoms with Crippen LogP contribution < -0.4 is 9.13 Å². The van der Waals surface area contributed by atoms with E-state index in [1.807, 2.05) is 255 Å². The van der Waals surface area contributed by atoms with Gasteiger partial charge in [0.25, 0.3) is 0 Å². The molecule has 5 saturated heterocycles. The highest BCUT2D eigenvalue weighted by atomic mass is 32.2. The third-order valence-corrected chi connectivity index (χ3v) is 35.4. The van der Waals surface area contributed by atoms with Crippen LogP contribution in [0.2, 0.25) is 0 Å². The molecule has 0 spiro atoms. The zero-order valence-electron chi connectivity index (χ0n) is 79.7. The number of phosphoric ester groups is 4. The van der Waals surface area contributed by atoms with Crippen LogP contribution in [0.1, 0.15) is 87.5 Å². The summed E-state index contributed by atoms with van der Waals surface area (Å²) < 4.78 is 145. The summed E-state index contributed by atoms with van der Waals surface area (Å²) in [4.78, 5) is 90.5. The van der Waals surface area contributed by atoms with Gasteiger partial charge in [0.1, 0.15) is 55.9 Å². The molecule has 0 radical (unpaired) electrons. The fourth-order valence-corrected chi connectivity index (χ4v) is 28.1. The van der Waals surface area contributed by atoms with E-state index in [-0.39, 0.29) is 76.6 Å². The lowest BCUT2D eigenvalue weighted by Crippen LogP contribution is -2.35. The Morgan fingerprint density at radius 3 is 1.07 bits per heavy atom. The summed E-state index contributed by atoms with van der Waals surface area (Å²) in [6.45, 7) is -2.90. The molecule has 147 heavy (non-hydrogen) atoms. The molecular weight excluding hydrogens is 1970 g/mol. The van der Waals surface area contributed by atoms with Gasteiger partial charge in [-0.2, -0.15) is 0 Å². The van der Waals surface area contributed by atoms with Crippen molar-refractivity contribution in [3.05, 3.63) is 325 Å². The fourth-order valence-electron chi connectivity index (χ4n) is 23.0. The molecule has 0 saturated carbocycles. The highest BCUT2D eigenvalue weighted by molar-refractivity contribution is 8.00. The monoisotopic (exact) mass is 2070 g/mol. The molecular formula is C114H103N3O25P4S+2. The van der Waals surface area contributed by atoms with Crippen molar-refractivity contribution in [1.29, 1.82) is 0 Å². The number of aromatic nitrogens is 2. The molecule has 24 rings (SSSR count). The molecule has 2 amide bonds. The number of pyridine rings is 2. The number of thioether (sulfide) groups is 1. The molecule has 5 aliphatic heterocycles. The van der Waals surface area contributed by atoms with Crippen LogP contribution in [-0.4, -0.2) is 180 Å². The molecule has 5 fully saturated rings. The van der Waals surface area contributed by atoms with Crippen molar-refractivity contribution < 1.29 is 126 Å². The first-order valence-electron chi connectivity index (χ1n) is 49.4. The maximum Gasteiger partial charge on any atom is 0.472 e. The van der Waals surface area contributed by atoms with Crippen LogP contribution in [0.3, 0.4) is 0 Å². The van der Waals surface area contributed by atoms with Gasteiger partial charge in [0.2, 0.25) is 11.8 Å². The van der Waals surface area contributed by atoms with Gasteiger partial charge in [-0.1, -0.05) is 231 Å². The van der Waals surface area contributed by atoms with Gasteiger partial charge in [0, 0.05) is 66.5 Å². The number of carbonyl (C=O) groups excluding carboxylic acids is 3. The van der Waals surface area contributed by atoms with E-state index in [0.717, 1.165) is 152 Å². The Kier molecular flexibility index (Phi) is 26.6. The molecule has 2 aromatic heterocycles. The van der Waals surface area contributed by atoms with Crippen molar-refractivity contribution in [1.82, 2.24) is 4.90 Å². The number of benzene rings is 17. The number of likely N-dealkylation sites (tertiary alicyclic amines) is 1. The highest BCUT2D eigenvalue weighted by Crippen LogP contribution is 2.59. The maximum absolute atomic E-state index is 15.5. The van der Waals surface area contributed by atoms with Crippen LogP contribution in [-0.2, 0) is 101 Å². The van der Waals surface area contributed by atoms with Crippen LogP contribution in [0.4, 0.5) is 0 Å². The summed E-state index contributed by atoms with van der Waals surface area (Å²) in [6, 6.07) is 87.3. The SMILES string of the molecule is C[n+]1ccc(-c2cc[n+](Cc3ccc(C(=O)OCCCCN4C(=O)CC(SCCCOP(=O)(O)O[C@@H]5C(c6ccc7ccc8cccc9ccc6c7c89)CO[C@@H]5COP(=O)(O)O[C@@H]5C(c6ccc7ccc8cccc9ccc6c7c89)CO[C@@H]5COP(=O)(O)O[C@@H]5C(c6ccc7ccc8cccc9ccc6c7c89)CO[C@@H]5COP(=O)(O)O[C@@H]5C(c6ccc7ccc8cccc9ccc6c7c89)CO[C@@H]5CO)C4=O)cc3)cc2)cc1. The van der Waals surface area contributed by atoms with Gasteiger partial charge in [-0.15, -0.1) is 11.8 Å². The number of aryl methyl sites for hydroxylation is 1. The minimum atomic E-state index is -5.47. The number of aliphatic hydroxyl groups excluding tert-OH is 1. The predicted octanol–water partition coefficient (Wildman–Crippen LogP) is 21.0. The van der Waals surface area contributed by atoms with Crippen molar-refractivity contribution in [3.8, 4) is 11.1 Å². The zero-order valence-corrected chi connectivity index (χ0v) is 84.1. The van der Waals surface area contributed by atoms with E-state index in [4.69, 9.17) is 59.9 Å². The molecule has 5 N–H and O–H groups in total. The van der Waals surface area contributed by atoms with Gasteiger partial charge in [0.15, 0.2) is 31.3 Å². The largest absolute Gasteiger partial charge is 0.472 e. The molecule has 17 atom stereocenters. The Morgan fingerprint density at radius 2 is 0.707 bits per heavy atom. The quantitative estimate of drug-likeness (QED) is 0.00603. The number of rotatable bonds is 37. The summed E-state index contributed by atoms with van der Waals surface area (Å²) in [6.07, 6.45) is -1.99. The molecule has 748 valence electrons. The van der Waals surface area contributed by atoms with Gasteiger partial charge in [-0.25, -0.2) is 32.2 Å². The van der Waals surface area contributed by atoms with Crippen LogP contribution >= 0.6 is 43.1 Å². The van der Waals surface area contributed by atoms with Gasteiger partial charge in [-0.3, -0.25) is 50.7 Å². The number of carbonyl (C=O) groups is 3. The Bertz CT molecular complexity index is 8420. The van der Waals surface area contributed by atoms with E-state index < -0.39 is 141 Å². The molecule has 19 aromatic rings. The Balaban J connectivity index is 0.462. The molecule has 17 aromatic carbocycles. The third kappa shape index (κ3) is 19.1. The summed E-state index contributed by atoms with van der Waals surface area (Å²) in [5, 5.41) is 32.8. The van der Waals surface area contributed by atoms with E-state index in [9.17, 15) is 48.2 Å². The molecule has 28 nitrogen and oxygen atoms in total. The maximum atomic E-state index is 15.5. The van der Waals surface area contributed by atoms with Gasteiger partial charge < -0.3 is 48.4 Å². The minimum absolute atomic E-state index is 0.0270. The van der Waals surface area contributed by atoms with Crippen LogP contribution in [0.15, 0.2) is 292 Å². The smallest absolute Gasteiger partial charge is 0.462 e. The average Bonchev–Trinajstić information content (AvgIpc) is 0.969. The Labute approximate surface area is 847 Å². The molecule has 0 aliphatic carbocycles. The second-order valence-corrected chi connectivity index (χ2v) is 45.8. The summed E-state index contributed by atoms with van der Waals surface area (Å²) in [7, 11) is -19.3. The van der Waals surface area contributed by atoms with Gasteiger partial charge >= 0.3 is 37.3 Å². The average molecular weight is 2070 g/mol. The van der Waals surface area contributed by atoms with E-state index in [0.29, 0.717) is 41.6 Å². The summed E-state index contributed by atoms with van der Waals surface area (Å²) in [5.74, 6) is -4.30. The van der Waals surface area contributed by atoms with Crippen LogP contribution in [0.25, 0.3) is 140 Å². The molecule has 33 heteroatoms. The highest BCUT2D eigenvalue weighted by Gasteiger charge is 2.53. The standard InChI is InChI=1S/C114H101N3O25P4S/c1-115-50-45-68(46-51-115)69-47-52-116(53-48-69)58-67-17-19-82(20-18-67)114(121)130-54-3-2-49-117-100(119)57-99(113(117)120)147-56-8-55-135-143(122,123)140-110-92(84-38-30-79-26-22-71-10-5-14-75-34-42-88(84)106(79)102(71)75)61-132-96(110)64-137-145(126,127)142-112-94(86-40-32-81-28-24-73-12-7-16-77-36-44-90(86)108(81)104(73)77)63-134-98(112)66-138-146(128,129)141-111-93(85-39-31-80-27-23-72-11-6-15-76-35-43-89(85)107(80)103(72)76)62-133-97(111)65-136-144(124,125)139-109-91(60-131-95(109)59-118)83-37-29-78-25-21-70-9-4-13-74-33-41-87(83)105(78)101(70)74/h4-7,9-48,50-53,91-99,109-112,118H,2-3,8,49,54-66H2,1H3,(H2-2,122,123,124,125,126,127,128,129)/p+2/t91?,92?,93?,94?,95-,96-,97-,98-,99?,109-,110-,111-,112-/m1/s1. The summed E-state index contributed by atoms with van der Waals surface area (Å²) >= 11 is 1.22. The second kappa shape index (κ2) is 40.0. The zero-order chi connectivity index (χ0) is 100. The Morgan fingerprint density at radius 1 is 0.381 bits per heavy atom. The lowest BCUT2D eigenvalue weighted by Gasteiger charge is -2.29. The summed E-state index contributed by atoms with van der Waals surface area (Å²) in [5.41, 5.74) is 6.33. The first-order valence-corrected chi connectivity index (χ1v) is 56.4. The number of phosphoric acid groups is 4. The van der Waals surface area contributed by atoms with E-state index in [1.165, 1.54) is 16.7 Å². The first-order chi connectivity index (χ1) is 71.4. The van der Waals surface area contributed by atoms with E-state index in [1.54, 1.807) is 12.1 Å². The number of unbranched alkanes of at least 4 members (excludes halogenated alkanes) is 1. The van der Waals surface area contributed by atoms with Crippen LogP contribution in [0, 0.1) is 0 Å². The normalized spacial score (nSPS) is 23.3. The van der Waals surface area contributed by atoms with Crippen molar-refractivity contribution >= 4 is 190 Å². The van der Waals surface area contributed by atoms with Crippen molar-refractivity contribution in [2.45, 2.75) is 110 Å². The topological polar surface area (TPSA) is 352 Å². The number of aliphatic hydroxyl groups is 1. The molecule has 5 aliphatic rings.